The Labute approximate surface area is 181 Å². The lowest BCUT2D eigenvalue weighted by Gasteiger charge is -2.29. The van der Waals surface area contributed by atoms with E-state index in [0.717, 1.165) is 16.9 Å². The van der Waals surface area contributed by atoms with Crippen molar-refractivity contribution in [2.45, 2.75) is 38.2 Å². The van der Waals surface area contributed by atoms with Crippen molar-refractivity contribution in [1.82, 2.24) is 9.80 Å². The van der Waals surface area contributed by atoms with E-state index in [4.69, 9.17) is 23.2 Å². The highest BCUT2D eigenvalue weighted by Gasteiger charge is 2.26. The van der Waals surface area contributed by atoms with Crippen LogP contribution < -0.4 is 0 Å². The summed E-state index contributed by atoms with van der Waals surface area (Å²) in [7, 11) is 0. The third-order valence-corrected chi connectivity index (χ3v) is 5.78. The van der Waals surface area contributed by atoms with Gasteiger partial charge in [-0.1, -0.05) is 79.9 Å². The number of halogens is 2. The maximum atomic E-state index is 13.1. The largest absolute Gasteiger partial charge is 0.332 e. The molecule has 152 valence electrons. The SMILES string of the molecule is CCC(C)CN(CC(=O)N(Cc1ccccc1)Cc1cccs1)C(=O)C(Cl)Cl. The Morgan fingerprint density at radius 3 is 2.32 bits per heavy atom. The zero-order valence-corrected chi connectivity index (χ0v) is 18.5. The predicted molar refractivity (Wildman–Crippen MR) is 117 cm³/mol. The van der Waals surface area contributed by atoms with E-state index in [9.17, 15) is 9.59 Å². The van der Waals surface area contributed by atoms with E-state index in [-0.39, 0.29) is 18.4 Å². The minimum Gasteiger partial charge on any atom is -0.332 e. The number of hydrogen-bond acceptors (Lipinski definition) is 3. The summed E-state index contributed by atoms with van der Waals surface area (Å²) in [5.74, 6) is -0.292. The minimum absolute atomic E-state index is 0.0304. The topological polar surface area (TPSA) is 40.6 Å². The second-order valence-corrected chi connectivity index (χ2v) is 8.98. The van der Waals surface area contributed by atoms with Crippen molar-refractivity contribution in [3.8, 4) is 0 Å². The molecule has 0 spiro atoms. The molecule has 0 saturated heterocycles. The first kappa shape index (κ1) is 22.7. The average molecular weight is 441 g/mol. The molecule has 0 aliphatic heterocycles. The van der Waals surface area contributed by atoms with E-state index in [1.54, 1.807) is 16.2 Å². The molecule has 2 rings (SSSR count). The summed E-state index contributed by atoms with van der Waals surface area (Å²) in [4.78, 5) is 28.7. The van der Waals surface area contributed by atoms with Crippen LogP contribution in [0.2, 0.25) is 0 Å². The Kier molecular flexibility index (Phi) is 9.29. The van der Waals surface area contributed by atoms with Crippen molar-refractivity contribution in [2.75, 3.05) is 13.1 Å². The molecule has 7 heteroatoms. The number of carbonyl (C=O) groups is 2. The molecule has 1 aromatic heterocycles. The minimum atomic E-state index is -1.17. The van der Waals surface area contributed by atoms with Gasteiger partial charge in [0.2, 0.25) is 5.91 Å². The number of carbonyl (C=O) groups excluding carboxylic acids is 2. The molecule has 1 aromatic carbocycles. The molecule has 0 aliphatic rings. The summed E-state index contributed by atoms with van der Waals surface area (Å²) in [6.45, 7) is 5.49. The normalized spacial score (nSPS) is 12.0. The molecule has 1 heterocycles. The van der Waals surface area contributed by atoms with E-state index in [0.29, 0.717) is 19.6 Å². The van der Waals surface area contributed by atoms with Crippen LogP contribution in [0.3, 0.4) is 0 Å². The molecule has 1 unspecified atom stereocenters. The van der Waals surface area contributed by atoms with Crippen molar-refractivity contribution in [2.24, 2.45) is 5.92 Å². The molecule has 0 N–H and O–H groups in total. The van der Waals surface area contributed by atoms with Gasteiger partial charge >= 0.3 is 0 Å². The number of benzene rings is 1. The second-order valence-electron chi connectivity index (χ2n) is 6.85. The van der Waals surface area contributed by atoms with E-state index >= 15 is 0 Å². The lowest BCUT2D eigenvalue weighted by molar-refractivity contribution is -0.140. The molecular formula is C21H26Cl2N2O2S. The van der Waals surface area contributed by atoms with Crippen molar-refractivity contribution in [1.29, 1.82) is 0 Å². The third-order valence-electron chi connectivity index (χ3n) is 4.55. The third kappa shape index (κ3) is 7.12. The molecule has 2 amide bonds. The van der Waals surface area contributed by atoms with Gasteiger partial charge in [-0.25, -0.2) is 0 Å². The number of thiophene rings is 1. The molecule has 1 atom stereocenters. The number of alkyl halides is 2. The van der Waals surface area contributed by atoms with Crippen LogP contribution in [0.15, 0.2) is 47.8 Å². The van der Waals surface area contributed by atoms with Gasteiger partial charge in [-0.15, -0.1) is 11.3 Å². The quantitative estimate of drug-likeness (QED) is 0.490. The first-order valence-corrected chi connectivity index (χ1v) is 11.1. The molecule has 28 heavy (non-hydrogen) atoms. The van der Waals surface area contributed by atoms with Gasteiger partial charge in [0.05, 0.1) is 13.1 Å². The summed E-state index contributed by atoms with van der Waals surface area (Å²) in [5.41, 5.74) is 1.04. The Morgan fingerprint density at radius 2 is 1.75 bits per heavy atom. The van der Waals surface area contributed by atoms with E-state index in [2.05, 4.69) is 0 Å². The van der Waals surface area contributed by atoms with E-state index < -0.39 is 10.7 Å². The predicted octanol–water partition coefficient (Wildman–Crippen LogP) is 4.96. The van der Waals surface area contributed by atoms with E-state index in [1.165, 1.54) is 4.90 Å². The van der Waals surface area contributed by atoms with Gasteiger partial charge in [0.15, 0.2) is 4.84 Å². The van der Waals surface area contributed by atoms with Gasteiger partial charge in [0.25, 0.3) is 5.91 Å². The highest BCUT2D eigenvalue weighted by molar-refractivity contribution is 7.09. The number of nitrogens with zero attached hydrogens (tertiary/aromatic N) is 2. The summed E-state index contributed by atoms with van der Waals surface area (Å²) in [6.07, 6.45) is 0.899. The molecule has 2 aromatic rings. The monoisotopic (exact) mass is 440 g/mol. The van der Waals surface area contributed by atoms with Crippen LogP contribution in [-0.2, 0) is 22.7 Å². The maximum Gasteiger partial charge on any atom is 0.256 e. The fraction of sp³-hybridized carbons (Fsp3) is 0.429. The fourth-order valence-corrected chi connectivity index (χ4v) is 3.76. The van der Waals surface area contributed by atoms with Crippen molar-refractivity contribution >= 4 is 46.4 Å². The number of rotatable bonds is 10. The van der Waals surface area contributed by atoms with Gasteiger partial charge in [0, 0.05) is 18.0 Å². The first-order chi connectivity index (χ1) is 13.4. The van der Waals surface area contributed by atoms with Crippen LogP contribution in [0.1, 0.15) is 30.7 Å². The molecular weight excluding hydrogens is 415 g/mol. The molecule has 0 radical (unpaired) electrons. The second kappa shape index (κ2) is 11.4. The van der Waals surface area contributed by atoms with Crippen molar-refractivity contribution < 1.29 is 9.59 Å². The lowest BCUT2D eigenvalue weighted by atomic mass is 10.1. The summed E-state index contributed by atoms with van der Waals surface area (Å²) >= 11 is 13.2. The van der Waals surface area contributed by atoms with Crippen molar-refractivity contribution in [3.63, 3.8) is 0 Å². The molecule has 0 saturated carbocycles. The number of amides is 2. The van der Waals surface area contributed by atoms with Gasteiger partial charge in [-0.05, 0) is 22.9 Å². The van der Waals surface area contributed by atoms with Crippen LogP contribution in [0, 0.1) is 5.92 Å². The van der Waals surface area contributed by atoms with Crippen LogP contribution in [0.25, 0.3) is 0 Å². The summed E-state index contributed by atoms with van der Waals surface area (Å²) in [6, 6.07) is 13.8. The van der Waals surface area contributed by atoms with Gasteiger partial charge in [0.1, 0.15) is 0 Å². The Balaban J connectivity index is 2.16. The molecule has 0 fully saturated rings. The van der Waals surface area contributed by atoms with Gasteiger partial charge < -0.3 is 9.80 Å². The Hall–Kier alpha value is -1.56. The summed E-state index contributed by atoms with van der Waals surface area (Å²) in [5, 5.41) is 1.99. The molecule has 0 aliphatic carbocycles. The smallest absolute Gasteiger partial charge is 0.256 e. The number of hydrogen-bond donors (Lipinski definition) is 0. The van der Waals surface area contributed by atoms with Gasteiger partial charge in [-0.2, -0.15) is 0 Å². The maximum absolute atomic E-state index is 13.1. The first-order valence-electron chi connectivity index (χ1n) is 9.31. The highest BCUT2D eigenvalue weighted by atomic mass is 35.5. The fourth-order valence-electron chi connectivity index (χ4n) is 2.77. The van der Waals surface area contributed by atoms with Crippen molar-refractivity contribution in [3.05, 3.63) is 58.3 Å². The molecule has 0 bridgehead atoms. The van der Waals surface area contributed by atoms with Gasteiger partial charge in [-0.3, -0.25) is 9.59 Å². The molecule has 4 nitrogen and oxygen atoms in total. The highest BCUT2D eigenvalue weighted by Crippen LogP contribution is 2.17. The van der Waals surface area contributed by atoms with Crippen LogP contribution in [0.4, 0.5) is 0 Å². The zero-order valence-electron chi connectivity index (χ0n) is 16.2. The zero-order chi connectivity index (χ0) is 20.5. The lowest BCUT2D eigenvalue weighted by Crippen LogP contribution is -2.45. The average Bonchev–Trinajstić information content (AvgIpc) is 3.20. The van der Waals surface area contributed by atoms with Crippen LogP contribution in [-0.4, -0.2) is 39.5 Å². The Morgan fingerprint density at radius 1 is 1.04 bits per heavy atom. The summed E-state index contributed by atoms with van der Waals surface area (Å²) < 4.78 is 0. The van der Waals surface area contributed by atoms with Crippen LogP contribution in [0.5, 0.6) is 0 Å². The van der Waals surface area contributed by atoms with E-state index in [1.807, 2.05) is 61.7 Å². The Bertz CT molecular complexity index is 738. The van der Waals surface area contributed by atoms with Crippen LogP contribution >= 0.6 is 34.5 Å². The standard InChI is InChI=1S/C21H26Cl2N2O2S/c1-3-16(2)12-25(21(27)20(22)23)15-19(26)24(14-18-10-7-11-28-18)13-17-8-5-4-6-9-17/h4-11,16,20H,3,12-15H2,1-2H3.